The number of hydrogen-bond acceptors (Lipinski definition) is 4. The first-order valence-corrected chi connectivity index (χ1v) is 6.67. The number of hydrogen-bond donors (Lipinski definition) is 1. The lowest BCUT2D eigenvalue weighted by molar-refractivity contribution is 0.0642. The van der Waals surface area contributed by atoms with Gasteiger partial charge in [-0.15, -0.1) is 0 Å². The van der Waals surface area contributed by atoms with E-state index >= 15 is 0 Å². The van der Waals surface area contributed by atoms with Crippen molar-refractivity contribution in [3.63, 3.8) is 0 Å². The summed E-state index contributed by atoms with van der Waals surface area (Å²) in [6, 6.07) is 8.72. The molecular weight excluding hydrogens is 286 g/mol. The number of pyridine rings is 1. The van der Waals surface area contributed by atoms with Crippen LogP contribution in [-0.2, 0) is 6.54 Å². The predicted octanol–water partition coefficient (Wildman–Crippen LogP) is 1.51. The third-order valence-electron chi connectivity index (χ3n) is 3.35. The summed E-state index contributed by atoms with van der Waals surface area (Å²) in [7, 11) is 0. The fraction of sp³-hybridized carbons (Fsp3) is 0.0667. The molecule has 3 rings (SSSR count). The monoisotopic (exact) mass is 297 g/mol. The Kier molecular flexibility index (Phi) is 3.23. The van der Waals surface area contributed by atoms with Crippen molar-refractivity contribution in [2.75, 3.05) is 0 Å². The molecule has 0 unspecified atom stereocenters. The van der Waals surface area contributed by atoms with Crippen LogP contribution in [-0.4, -0.2) is 26.7 Å². The first-order valence-electron chi connectivity index (χ1n) is 6.27. The molecule has 104 valence electrons. The van der Waals surface area contributed by atoms with Gasteiger partial charge in [0.2, 0.25) is 0 Å². The summed E-state index contributed by atoms with van der Waals surface area (Å²) in [5, 5.41) is 0. The Labute approximate surface area is 126 Å². The van der Waals surface area contributed by atoms with Crippen molar-refractivity contribution in [2.24, 2.45) is 5.73 Å². The third kappa shape index (κ3) is 2.30. The van der Waals surface area contributed by atoms with Gasteiger partial charge < -0.3 is 5.73 Å². The van der Waals surface area contributed by atoms with Crippen LogP contribution in [0.4, 0.5) is 0 Å². The van der Waals surface area contributed by atoms with Crippen molar-refractivity contribution >= 4 is 29.0 Å². The second kappa shape index (κ2) is 5.06. The minimum absolute atomic E-state index is 0.212. The molecule has 0 radical (unpaired) electrons. The van der Waals surface area contributed by atoms with E-state index in [-0.39, 0.29) is 18.4 Å². The van der Waals surface area contributed by atoms with Gasteiger partial charge in [-0.05, 0) is 11.6 Å². The lowest BCUT2D eigenvalue weighted by atomic mass is 10.1. The smallest absolute Gasteiger partial charge is 0.263 e. The van der Waals surface area contributed by atoms with Crippen molar-refractivity contribution < 1.29 is 9.59 Å². The molecule has 21 heavy (non-hydrogen) atoms. The lowest BCUT2D eigenvalue weighted by Crippen LogP contribution is -2.29. The molecule has 2 aromatic rings. The maximum atomic E-state index is 12.2. The summed E-state index contributed by atoms with van der Waals surface area (Å²) in [6.07, 6.45) is 2.93. The molecule has 0 spiro atoms. The van der Waals surface area contributed by atoms with Crippen LogP contribution in [0.5, 0.6) is 0 Å². The molecular formula is C15H11N3O2S. The standard InChI is InChI=1S/C15H11N3O2S/c16-13(21)10-3-1-9(2-4-10)8-18-14(19)11-5-6-17-7-12(11)15(18)20/h1-7H,8H2,(H2,16,21). The fourth-order valence-electron chi connectivity index (χ4n) is 2.24. The molecule has 1 aromatic carbocycles. The number of benzene rings is 1. The summed E-state index contributed by atoms with van der Waals surface area (Å²) >= 11 is 4.89. The highest BCUT2D eigenvalue weighted by Crippen LogP contribution is 2.23. The van der Waals surface area contributed by atoms with Crippen molar-refractivity contribution in [3.05, 3.63) is 65.0 Å². The van der Waals surface area contributed by atoms with Gasteiger partial charge in [-0.2, -0.15) is 0 Å². The molecule has 0 aliphatic carbocycles. The Morgan fingerprint density at radius 3 is 2.38 bits per heavy atom. The summed E-state index contributed by atoms with van der Waals surface area (Å²) in [5.74, 6) is -0.614. The quantitative estimate of drug-likeness (QED) is 0.686. The number of imide groups is 1. The van der Waals surface area contributed by atoms with Crippen LogP contribution < -0.4 is 5.73 Å². The summed E-state index contributed by atoms with van der Waals surface area (Å²) < 4.78 is 0. The molecule has 1 aromatic heterocycles. The van der Waals surface area contributed by atoms with Crippen LogP contribution in [0.3, 0.4) is 0 Å². The Hall–Kier alpha value is -2.60. The van der Waals surface area contributed by atoms with E-state index in [1.54, 1.807) is 30.3 Å². The Morgan fingerprint density at radius 2 is 1.76 bits per heavy atom. The molecule has 0 atom stereocenters. The number of nitrogens with two attached hydrogens (primary N) is 1. The highest BCUT2D eigenvalue weighted by molar-refractivity contribution is 7.80. The highest BCUT2D eigenvalue weighted by atomic mass is 32.1. The molecule has 0 fully saturated rings. The van der Waals surface area contributed by atoms with Crippen LogP contribution in [0.15, 0.2) is 42.7 Å². The number of aromatic nitrogens is 1. The van der Waals surface area contributed by atoms with E-state index in [4.69, 9.17) is 18.0 Å². The van der Waals surface area contributed by atoms with Gasteiger partial charge in [-0.25, -0.2) is 0 Å². The van der Waals surface area contributed by atoms with Crippen LogP contribution in [0, 0.1) is 0 Å². The first-order chi connectivity index (χ1) is 10.1. The minimum atomic E-state index is -0.318. The second-order valence-electron chi connectivity index (χ2n) is 4.68. The van der Waals surface area contributed by atoms with E-state index in [2.05, 4.69) is 4.98 Å². The van der Waals surface area contributed by atoms with Gasteiger partial charge in [0.1, 0.15) is 4.99 Å². The molecule has 0 bridgehead atoms. The van der Waals surface area contributed by atoms with Gasteiger partial charge in [0.15, 0.2) is 0 Å². The Morgan fingerprint density at radius 1 is 1.10 bits per heavy atom. The van der Waals surface area contributed by atoms with Crippen molar-refractivity contribution in [1.82, 2.24) is 9.88 Å². The molecule has 6 heteroatoms. The zero-order valence-electron chi connectivity index (χ0n) is 10.9. The van der Waals surface area contributed by atoms with Gasteiger partial charge in [0.25, 0.3) is 11.8 Å². The number of rotatable bonds is 3. The van der Waals surface area contributed by atoms with E-state index in [0.29, 0.717) is 16.1 Å². The number of thiocarbonyl (C=S) groups is 1. The van der Waals surface area contributed by atoms with Gasteiger partial charge >= 0.3 is 0 Å². The average Bonchev–Trinajstić information content (AvgIpc) is 2.73. The number of amides is 2. The number of carbonyl (C=O) groups excluding carboxylic acids is 2. The maximum absolute atomic E-state index is 12.2. The first kappa shape index (κ1) is 13.4. The number of carbonyl (C=O) groups is 2. The second-order valence-corrected chi connectivity index (χ2v) is 5.12. The van der Waals surface area contributed by atoms with Gasteiger partial charge in [-0.1, -0.05) is 36.5 Å². The minimum Gasteiger partial charge on any atom is -0.389 e. The van der Waals surface area contributed by atoms with Gasteiger partial charge in [0.05, 0.1) is 17.7 Å². The van der Waals surface area contributed by atoms with Crippen LogP contribution >= 0.6 is 12.2 Å². The van der Waals surface area contributed by atoms with E-state index < -0.39 is 0 Å². The molecule has 0 saturated carbocycles. The lowest BCUT2D eigenvalue weighted by Gasteiger charge is -2.14. The number of nitrogens with zero attached hydrogens (tertiary/aromatic N) is 2. The molecule has 2 N–H and O–H groups in total. The highest BCUT2D eigenvalue weighted by Gasteiger charge is 2.35. The van der Waals surface area contributed by atoms with Gasteiger partial charge in [0, 0.05) is 18.0 Å². The van der Waals surface area contributed by atoms with Crippen LogP contribution in [0.1, 0.15) is 31.8 Å². The summed E-state index contributed by atoms with van der Waals surface area (Å²) in [6.45, 7) is 0.212. The van der Waals surface area contributed by atoms with Crippen LogP contribution in [0.2, 0.25) is 0 Å². The fourth-order valence-corrected chi connectivity index (χ4v) is 2.37. The van der Waals surface area contributed by atoms with E-state index in [0.717, 1.165) is 11.1 Å². The van der Waals surface area contributed by atoms with E-state index in [9.17, 15) is 9.59 Å². The normalized spacial score (nSPS) is 13.4. The molecule has 1 aliphatic rings. The predicted molar refractivity (Wildman–Crippen MR) is 80.8 cm³/mol. The van der Waals surface area contributed by atoms with E-state index in [1.165, 1.54) is 17.3 Å². The topological polar surface area (TPSA) is 76.3 Å². The molecule has 2 amide bonds. The SMILES string of the molecule is NC(=S)c1ccc(CN2C(=O)c3ccncc3C2=O)cc1. The maximum Gasteiger partial charge on any atom is 0.263 e. The van der Waals surface area contributed by atoms with E-state index in [1.807, 2.05) is 0 Å². The van der Waals surface area contributed by atoms with Crippen molar-refractivity contribution in [3.8, 4) is 0 Å². The van der Waals surface area contributed by atoms with Gasteiger partial charge in [-0.3, -0.25) is 19.5 Å². The Bertz CT molecular complexity index is 721. The molecule has 2 heterocycles. The largest absolute Gasteiger partial charge is 0.389 e. The molecule has 1 aliphatic heterocycles. The summed E-state index contributed by atoms with van der Waals surface area (Å²) in [4.78, 5) is 29.8. The van der Waals surface area contributed by atoms with Crippen LogP contribution in [0.25, 0.3) is 0 Å². The van der Waals surface area contributed by atoms with Crippen molar-refractivity contribution in [2.45, 2.75) is 6.54 Å². The molecule has 5 nitrogen and oxygen atoms in total. The zero-order valence-corrected chi connectivity index (χ0v) is 11.8. The van der Waals surface area contributed by atoms with Crippen molar-refractivity contribution in [1.29, 1.82) is 0 Å². The third-order valence-corrected chi connectivity index (χ3v) is 3.59. The Balaban J connectivity index is 1.85. The molecule has 0 saturated heterocycles. The number of fused-ring (bicyclic) bond motifs is 1. The average molecular weight is 297 g/mol. The zero-order chi connectivity index (χ0) is 15.0. The summed E-state index contributed by atoms with van der Waals surface area (Å²) in [5.41, 5.74) is 7.86.